The third kappa shape index (κ3) is 1.80. The lowest BCUT2D eigenvalue weighted by Gasteiger charge is -2.02. The van der Waals surface area contributed by atoms with Crippen LogP contribution in [0.5, 0.6) is 0 Å². The number of fused-ring (bicyclic) bond motifs is 1. The Balaban J connectivity index is 2.35. The highest BCUT2D eigenvalue weighted by Crippen LogP contribution is 2.13. The van der Waals surface area contributed by atoms with E-state index in [1.165, 1.54) is 0 Å². The minimum atomic E-state index is -0.370. The standard InChI is InChI=1S/C10H10N4O/c11-10(12)14-9(15)7-1-2-8-6(5-7)3-4-13-8/h1-5,13H,(H4,11,12,14,15). The number of rotatable bonds is 1. The zero-order valence-electron chi connectivity index (χ0n) is 7.87. The molecule has 15 heavy (non-hydrogen) atoms. The summed E-state index contributed by atoms with van der Waals surface area (Å²) in [5.41, 5.74) is 6.52. The average Bonchev–Trinajstić information content (AvgIpc) is 2.62. The van der Waals surface area contributed by atoms with Gasteiger partial charge in [0, 0.05) is 22.7 Å². The Hall–Kier alpha value is -2.30. The summed E-state index contributed by atoms with van der Waals surface area (Å²) in [6.45, 7) is 0. The number of guanidine groups is 1. The fourth-order valence-corrected chi connectivity index (χ4v) is 1.39. The minimum Gasteiger partial charge on any atom is -0.370 e. The number of nitrogens with one attached hydrogen (secondary N) is 3. The van der Waals surface area contributed by atoms with Crippen LogP contribution in [0.1, 0.15) is 10.4 Å². The van der Waals surface area contributed by atoms with Gasteiger partial charge in [-0.2, -0.15) is 0 Å². The van der Waals surface area contributed by atoms with E-state index in [1.807, 2.05) is 12.1 Å². The Morgan fingerprint density at radius 3 is 2.93 bits per heavy atom. The Bertz CT molecular complexity index is 529. The van der Waals surface area contributed by atoms with E-state index in [0.717, 1.165) is 10.9 Å². The van der Waals surface area contributed by atoms with Gasteiger partial charge >= 0.3 is 0 Å². The summed E-state index contributed by atoms with van der Waals surface area (Å²) in [5, 5.41) is 10.1. The molecule has 0 radical (unpaired) electrons. The van der Waals surface area contributed by atoms with E-state index in [2.05, 4.69) is 10.3 Å². The molecule has 0 atom stereocenters. The zero-order valence-corrected chi connectivity index (χ0v) is 7.87. The minimum absolute atomic E-state index is 0.353. The summed E-state index contributed by atoms with van der Waals surface area (Å²) in [6, 6.07) is 7.10. The maximum absolute atomic E-state index is 11.5. The molecule has 5 heteroatoms. The van der Waals surface area contributed by atoms with Crippen LogP contribution in [0.15, 0.2) is 30.5 Å². The molecule has 0 fully saturated rings. The van der Waals surface area contributed by atoms with Crippen molar-refractivity contribution < 1.29 is 4.79 Å². The van der Waals surface area contributed by atoms with Crippen LogP contribution in [-0.4, -0.2) is 16.9 Å². The second-order valence-electron chi connectivity index (χ2n) is 3.15. The fourth-order valence-electron chi connectivity index (χ4n) is 1.39. The maximum Gasteiger partial charge on any atom is 0.257 e. The van der Waals surface area contributed by atoms with Gasteiger partial charge in [0.1, 0.15) is 0 Å². The van der Waals surface area contributed by atoms with Crippen LogP contribution >= 0.6 is 0 Å². The van der Waals surface area contributed by atoms with Crippen LogP contribution in [0.4, 0.5) is 0 Å². The van der Waals surface area contributed by atoms with E-state index < -0.39 is 0 Å². The van der Waals surface area contributed by atoms with Crippen molar-refractivity contribution in [2.24, 2.45) is 5.73 Å². The van der Waals surface area contributed by atoms with Crippen molar-refractivity contribution in [1.29, 1.82) is 5.41 Å². The van der Waals surface area contributed by atoms with Gasteiger partial charge in [0.25, 0.3) is 5.91 Å². The lowest BCUT2D eigenvalue weighted by molar-refractivity contribution is 0.0976. The lowest BCUT2D eigenvalue weighted by atomic mass is 10.1. The molecule has 2 rings (SSSR count). The molecule has 1 aromatic carbocycles. The number of benzene rings is 1. The summed E-state index contributed by atoms with van der Waals surface area (Å²) in [6.07, 6.45) is 1.80. The number of H-pyrrole nitrogens is 1. The molecule has 0 aliphatic heterocycles. The van der Waals surface area contributed by atoms with E-state index in [1.54, 1.807) is 18.3 Å². The monoisotopic (exact) mass is 202 g/mol. The van der Waals surface area contributed by atoms with Crippen molar-refractivity contribution in [3.8, 4) is 0 Å². The van der Waals surface area contributed by atoms with Gasteiger partial charge in [-0.3, -0.25) is 15.5 Å². The molecule has 2 aromatic rings. The highest BCUT2D eigenvalue weighted by Gasteiger charge is 2.06. The molecular weight excluding hydrogens is 192 g/mol. The van der Waals surface area contributed by atoms with Crippen molar-refractivity contribution >= 4 is 22.8 Å². The summed E-state index contributed by atoms with van der Waals surface area (Å²) < 4.78 is 0. The van der Waals surface area contributed by atoms with Crippen molar-refractivity contribution in [2.75, 3.05) is 0 Å². The van der Waals surface area contributed by atoms with Crippen LogP contribution in [0, 0.1) is 5.41 Å². The molecule has 0 saturated carbocycles. The predicted molar refractivity (Wildman–Crippen MR) is 57.7 cm³/mol. The fraction of sp³-hybridized carbons (Fsp3) is 0. The van der Waals surface area contributed by atoms with Crippen molar-refractivity contribution in [3.63, 3.8) is 0 Å². The van der Waals surface area contributed by atoms with Gasteiger partial charge in [0.15, 0.2) is 5.96 Å². The first kappa shape index (κ1) is 9.26. The first-order valence-electron chi connectivity index (χ1n) is 4.39. The highest BCUT2D eigenvalue weighted by molar-refractivity contribution is 6.06. The Kier molecular flexibility index (Phi) is 2.13. The highest BCUT2D eigenvalue weighted by atomic mass is 16.1. The van der Waals surface area contributed by atoms with Crippen molar-refractivity contribution in [1.82, 2.24) is 10.3 Å². The SMILES string of the molecule is N=C(N)NC(=O)c1ccc2[nH]ccc2c1. The summed E-state index contributed by atoms with van der Waals surface area (Å²) >= 11 is 0. The number of nitrogens with two attached hydrogens (primary N) is 1. The number of hydrogen-bond donors (Lipinski definition) is 4. The summed E-state index contributed by atoms with van der Waals surface area (Å²) in [5.74, 6) is -0.722. The average molecular weight is 202 g/mol. The van der Waals surface area contributed by atoms with Gasteiger partial charge in [0.2, 0.25) is 0 Å². The van der Waals surface area contributed by atoms with Gasteiger partial charge in [-0.25, -0.2) is 0 Å². The first-order chi connectivity index (χ1) is 7.16. The van der Waals surface area contributed by atoms with Crippen LogP contribution in [0.2, 0.25) is 0 Å². The lowest BCUT2D eigenvalue weighted by Crippen LogP contribution is -2.35. The van der Waals surface area contributed by atoms with Crippen LogP contribution < -0.4 is 11.1 Å². The van der Waals surface area contributed by atoms with E-state index in [-0.39, 0.29) is 11.9 Å². The molecule has 76 valence electrons. The van der Waals surface area contributed by atoms with E-state index in [9.17, 15) is 4.79 Å². The second kappa shape index (κ2) is 3.45. The van der Waals surface area contributed by atoms with Crippen molar-refractivity contribution in [2.45, 2.75) is 0 Å². The molecule has 1 aromatic heterocycles. The topological polar surface area (TPSA) is 94.8 Å². The second-order valence-corrected chi connectivity index (χ2v) is 3.15. The molecule has 1 heterocycles. The quantitative estimate of drug-likeness (QED) is 0.406. The van der Waals surface area contributed by atoms with Crippen LogP contribution in [0.3, 0.4) is 0 Å². The van der Waals surface area contributed by atoms with E-state index in [0.29, 0.717) is 5.56 Å². The maximum atomic E-state index is 11.5. The predicted octanol–water partition coefficient (Wildman–Crippen LogP) is 0.791. The molecule has 5 nitrogen and oxygen atoms in total. The molecule has 1 amide bonds. The van der Waals surface area contributed by atoms with Crippen molar-refractivity contribution in [3.05, 3.63) is 36.0 Å². The largest absolute Gasteiger partial charge is 0.370 e. The first-order valence-corrected chi connectivity index (χ1v) is 4.39. The van der Waals surface area contributed by atoms with E-state index in [4.69, 9.17) is 11.1 Å². The van der Waals surface area contributed by atoms with Gasteiger partial charge in [-0.05, 0) is 24.3 Å². The zero-order chi connectivity index (χ0) is 10.8. The summed E-state index contributed by atoms with van der Waals surface area (Å²) in [4.78, 5) is 14.5. The third-order valence-electron chi connectivity index (χ3n) is 2.06. The number of carbonyl (C=O) groups is 1. The molecule has 0 aliphatic rings. The molecule has 5 N–H and O–H groups in total. The molecule has 0 spiro atoms. The molecular formula is C10H10N4O. The Morgan fingerprint density at radius 2 is 2.20 bits per heavy atom. The van der Waals surface area contributed by atoms with Gasteiger partial charge in [0.05, 0.1) is 0 Å². The Morgan fingerprint density at radius 1 is 1.40 bits per heavy atom. The molecule has 0 unspecified atom stereocenters. The number of carbonyl (C=O) groups excluding carboxylic acids is 1. The number of aromatic nitrogens is 1. The van der Waals surface area contributed by atoms with Gasteiger partial charge in [-0.1, -0.05) is 0 Å². The normalized spacial score (nSPS) is 10.1. The summed E-state index contributed by atoms with van der Waals surface area (Å²) in [7, 11) is 0. The number of amides is 1. The van der Waals surface area contributed by atoms with E-state index >= 15 is 0 Å². The smallest absolute Gasteiger partial charge is 0.257 e. The molecule has 0 aliphatic carbocycles. The number of aromatic amines is 1. The number of hydrogen-bond acceptors (Lipinski definition) is 2. The van der Waals surface area contributed by atoms with Gasteiger partial charge < -0.3 is 10.7 Å². The van der Waals surface area contributed by atoms with Crippen LogP contribution in [0.25, 0.3) is 10.9 Å². The van der Waals surface area contributed by atoms with Crippen LogP contribution in [-0.2, 0) is 0 Å². The third-order valence-corrected chi connectivity index (χ3v) is 2.06. The van der Waals surface area contributed by atoms with Gasteiger partial charge in [-0.15, -0.1) is 0 Å². The Labute approximate surface area is 85.8 Å². The molecule has 0 saturated heterocycles. The molecule has 0 bridgehead atoms.